The highest BCUT2D eigenvalue weighted by Crippen LogP contribution is 2.09. The standard InChI is InChI=1S/C15H21NO3/c1-5-13(17)12-8-6-7-11(9-12)10-16-14(18)19-15(2,3)4/h6-9H,5,10H2,1-4H3,(H,16,18). The molecule has 1 rings (SSSR count). The zero-order chi connectivity index (χ0) is 14.5. The molecule has 0 saturated carbocycles. The van der Waals surface area contributed by atoms with Crippen molar-refractivity contribution in [1.29, 1.82) is 0 Å². The van der Waals surface area contributed by atoms with Crippen LogP contribution >= 0.6 is 0 Å². The normalized spacial score (nSPS) is 10.9. The highest BCUT2D eigenvalue weighted by Gasteiger charge is 2.15. The van der Waals surface area contributed by atoms with Crippen molar-refractivity contribution in [2.24, 2.45) is 0 Å². The number of amides is 1. The summed E-state index contributed by atoms with van der Waals surface area (Å²) in [6.07, 6.45) is 0.0166. The molecular formula is C15H21NO3. The van der Waals surface area contributed by atoms with Gasteiger partial charge < -0.3 is 10.1 Å². The van der Waals surface area contributed by atoms with E-state index in [4.69, 9.17) is 4.74 Å². The number of alkyl carbamates (subject to hydrolysis) is 1. The fraction of sp³-hybridized carbons (Fsp3) is 0.467. The molecule has 19 heavy (non-hydrogen) atoms. The summed E-state index contributed by atoms with van der Waals surface area (Å²) in [4.78, 5) is 23.1. The van der Waals surface area contributed by atoms with Crippen LogP contribution in [0, 0.1) is 0 Å². The Morgan fingerprint density at radius 1 is 1.26 bits per heavy atom. The average Bonchev–Trinajstić information content (AvgIpc) is 2.34. The van der Waals surface area contributed by atoms with Crippen molar-refractivity contribution in [2.75, 3.05) is 0 Å². The Kier molecular flexibility index (Phi) is 5.10. The number of nitrogens with one attached hydrogen (secondary N) is 1. The lowest BCUT2D eigenvalue weighted by molar-refractivity contribution is 0.0523. The molecule has 0 saturated heterocycles. The van der Waals surface area contributed by atoms with E-state index in [9.17, 15) is 9.59 Å². The third kappa shape index (κ3) is 5.55. The van der Waals surface area contributed by atoms with E-state index in [0.717, 1.165) is 5.56 Å². The van der Waals surface area contributed by atoms with Crippen molar-refractivity contribution in [3.63, 3.8) is 0 Å². The van der Waals surface area contributed by atoms with E-state index >= 15 is 0 Å². The van der Waals surface area contributed by atoms with E-state index in [1.807, 2.05) is 39.8 Å². The van der Waals surface area contributed by atoms with Gasteiger partial charge in [-0.2, -0.15) is 0 Å². The SMILES string of the molecule is CCC(=O)c1cccc(CNC(=O)OC(C)(C)C)c1. The molecule has 0 bridgehead atoms. The number of hydrogen-bond acceptors (Lipinski definition) is 3. The topological polar surface area (TPSA) is 55.4 Å². The van der Waals surface area contributed by atoms with Gasteiger partial charge in [0.1, 0.15) is 5.60 Å². The second-order valence-corrected chi connectivity index (χ2v) is 5.33. The molecule has 0 unspecified atom stereocenters. The molecule has 0 radical (unpaired) electrons. The van der Waals surface area contributed by atoms with Gasteiger partial charge >= 0.3 is 6.09 Å². The van der Waals surface area contributed by atoms with Crippen LogP contribution in [-0.4, -0.2) is 17.5 Å². The van der Waals surface area contributed by atoms with Crippen LogP contribution in [-0.2, 0) is 11.3 Å². The summed E-state index contributed by atoms with van der Waals surface area (Å²) in [7, 11) is 0. The monoisotopic (exact) mass is 263 g/mol. The number of benzene rings is 1. The minimum absolute atomic E-state index is 0.0964. The first kappa shape index (κ1) is 15.2. The predicted octanol–water partition coefficient (Wildman–Crippen LogP) is 3.30. The molecule has 0 fully saturated rings. The highest BCUT2D eigenvalue weighted by atomic mass is 16.6. The summed E-state index contributed by atoms with van der Waals surface area (Å²) in [6, 6.07) is 7.25. The Labute approximate surface area is 114 Å². The van der Waals surface area contributed by atoms with Crippen LogP contribution in [0.3, 0.4) is 0 Å². The minimum atomic E-state index is -0.510. The zero-order valence-electron chi connectivity index (χ0n) is 11.9. The first-order valence-corrected chi connectivity index (χ1v) is 6.41. The van der Waals surface area contributed by atoms with Gasteiger partial charge in [-0.15, -0.1) is 0 Å². The van der Waals surface area contributed by atoms with E-state index in [-0.39, 0.29) is 5.78 Å². The van der Waals surface area contributed by atoms with E-state index in [1.165, 1.54) is 0 Å². The Morgan fingerprint density at radius 2 is 1.95 bits per heavy atom. The van der Waals surface area contributed by atoms with Gasteiger partial charge in [0.05, 0.1) is 0 Å². The summed E-state index contributed by atoms with van der Waals surface area (Å²) in [5, 5.41) is 2.67. The molecule has 0 aliphatic carbocycles. The number of ether oxygens (including phenoxy) is 1. The third-order valence-corrected chi connectivity index (χ3v) is 2.41. The van der Waals surface area contributed by atoms with Crippen LogP contribution in [0.15, 0.2) is 24.3 Å². The number of rotatable bonds is 4. The highest BCUT2D eigenvalue weighted by molar-refractivity contribution is 5.95. The molecule has 0 heterocycles. The lowest BCUT2D eigenvalue weighted by Crippen LogP contribution is -2.32. The van der Waals surface area contributed by atoms with Crippen LogP contribution in [0.5, 0.6) is 0 Å². The molecule has 4 heteroatoms. The van der Waals surface area contributed by atoms with E-state index in [1.54, 1.807) is 12.1 Å². The number of Topliss-reactive ketones (excluding diaryl/α,β-unsaturated/α-hetero) is 1. The summed E-state index contributed by atoms with van der Waals surface area (Å²) in [6.45, 7) is 7.61. The van der Waals surface area contributed by atoms with E-state index in [2.05, 4.69) is 5.32 Å². The van der Waals surface area contributed by atoms with Crippen molar-refractivity contribution in [1.82, 2.24) is 5.32 Å². The number of carbonyl (C=O) groups excluding carboxylic acids is 2. The number of carbonyl (C=O) groups is 2. The molecule has 1 aromatic carbocycles. The van der Waals surface area contributed by atoms with Crippen LogP contribution in [0.1, 0.15) is 50.0 Å². The molecule has 1 amide bonds. The van der Waals surface area contributed by atoms with Gasteiger partial charge in [0.15, 0.2) is 5.78 Å². The van der Waals surface area contributed by atoms with Crippen molar-refractivity contribution >= 4 is 11.9 Å². The van der Waals surface area contributed by atoms with Gasteiger partial charge in [0.25, 0.3) is 0 Å². The quantitative estimate of drug-likeness (QED) is 0.848. The molecule has 0 atom stereocenters. The van der Waals surface area contributed by atoms with Crippen LogP contribution < -0.4 is 5.32 Å². The average molecular weight is 263 g/mol. The van der Waals surface area contributed by atoms with Gasteiger partial charge in [-0.25, -0.2) is 4.79 Å². The fourth-order valence-corrected chi connectivity index (χ4v) is 1.55. The molecule has 0 aliphatic heterocycles. The third-order valence-electron chi connectivity index (χ3n) is 2.41. The van der Waals surface area contributed by atoms with Crippen molar-refractivity contribution < 1.29 is 14.3 Å². The van der Waals surface area contributed by atoms with E-state index < -0.39 is 11.7 Å². The summed E-state index contributed by atoms with van der Waals surface area (Å²) >= 11 is 0. The fourth-order valence-electron chi connectivity index (χ4n) is 1.55. The predicted molar refractivity (Wildman–Crippen MR) is 74.1 cm³/mol. The maximum Gasteiger partial charge on any atom is 0.407 e. The Morgan fingerprint density at radius 3 is 2.53 bits per heavy atom. The number of hydrogen-bond donors (Lipinski definition) is 1. The molecule has 1 aromatic rings. The Balaban J connectivity index is 2.59. The smallest absolute Gasteiger partial charge is 0.407 e. The van der Waals surface area contributed by atoms with Crippen LogP contribution in [0.25, 0.3) is 0 Å². The van der Waals surface area contributed by atoms with Gasteiger partial charge in [-0.1, -0.05) is 25.1 Å². The van der Waals surface area contributed by atoms with E-state index in [0.29, 0.717) is 18.5 Å². The molecule has 0 spiro atoms. The van der Waals surface area contributed by atoms with Crippen molar-refractivity contribution in [3.8, 4) is 0 Å². The molecule has 0 aliphatic rings. The van der Waals surface area contributed by atoms with Crippen molar-refractivity contribution in [2.45, 2.75) is 46.3 Å². The second-order valence-electron chi connectivity index (χ2n) is 5.33. The van der Waals surface area contributed by atoms with Crippen LogP contribution in [0.4, 0.5) is 4.79 Å². The minimum Gasteiger partial charge on any atom is -0.444 e. The molecule has 4 nitrogen and oxygen atoms in total. The lowest BCUT2D eigenvalue weighted by atomic mass is 10.1. The Hall–Kier alpha value is -1.84. The molecule has 104 valence electrons. The summed E-state index contributed by atoms with van der Waals surface area (Å²) in [5.74, 6) is 0.0964. The molecular weight excluding hydrogens is 242 g/mol. The summed E-state index contributed by atoms with van der Waals surface area (Å²) in [5.41, 5.74) is 1.04. The van der Waals surface area contributed by atoms with Gasteiger partial charge in [0.2, 0.25) is 0 Å². The van der Waals surface area contributed by atoms with Gasteiger partial charge in [0, 0.05) is 18.5 Å². The summed E-state index contributed by atoms with van der Waals surface area (Å²) < 4.78 is 5.14. The maximum atomic E-state index is 11.6. The van der Waals surface area contributed by atoms with Crippen molar-refractivity contribution in [3.05, 3.63) is 35.4 Å². The zero-order valence-corrected chi connectivity index (χ0v) is 11.9. The first-order valence-electron chi connectivity index (χ1n) is 6.41. The Bertz CT molecular complexity index is 461. The largest absolute Gasteiger partial charge is 0.444 e. The van der Waals surface area contributed by atoms with Gasteiger partial charge in [-0.3, -0.25) is 4.79 Å². The van der Waals surface area contributed by atoms with Crippen LogP contribution in [0.2, 0.25) is 0 Å². The number of ketones is 1. The first-order chi connectivity index (χ1) is 8.81. The lowest BCUT2D eigenvalue weighted by Gasteiger charge is -2.19. The molecule has 0 aromatic heterocycles. The van der Waals surface area contributed by atoms with Gasteiger partial charge in [-0.05, 0) is 32.4 Å². The second kappa shape index (κ2) is 6.36. The maximum absolute atomic E-state index is 11.6. The molecule has 1 N–H and O–H groups in total.